The van der Waals surface area contributed by atoms with Crippen molar-refractivity contribution in [1.29, 1.82) is 0 Å². The summed E-state index contributed by atoms with van der Waals surface area (Å²) in [4.78, 5) is 4.98. The molecule has 10 aromatic rings. The van der Waals surface area contributed by atoms with Gasteiger partial charge in [0, 0.05) is 50.4 Å². The van der Waals surface area contributed by atoms with Gasteiger partial charge in [-0.15, -0.1) is 0 Å². The summed E-state index contributed by atoms with van der Waals surface area (Å²) < 4.78 is 0. The molecule has 0 atom stereocenters. The predicted octanol–water partition coefficient (Wildman–Crippen LogP) is 20.8. The highest BCUT2D eigenvalue weighted by Crippen LogP contribution is 2.56. The van der Waals surface area contributed by atoms with Gasteiger partial charge in [-0.25, -0.2) is 0 Å². The molecule has 0 amide bonds. The normalized spacial score (nSPS) is 15.2. The van der Waals surface area contributed by atoms with Gasteiger partial charge in [0.15, 0.2) is 0 Å². The van der Waals surface area contributed by atoms with Gasteiger partial charge in [0.05, 0.1) is 0 Å². The minimum atomic E-state index is -0.297. The van der Waals surface area contributed by atoms with Crippen molar-refractivity contribution in [3.8, 4) is 33.4 Å². The molecule has 13 rings (SSSR count). The third-order valence-electron chi connectivity index (χ3n) is 18.2. The molecular weight excluding hydrogens is 917 g/mol. The molecular formula is C74H70N2. The summed E-state index contributed by atoms with van der Waals surface area (Å²) in [6, 6.07) is 72.4. The average Bonchev–Trinajstić information content (AvgIpc) is 3.92. The van der Waals surface area contributed by atoms with E-state index in [1.807, 2.05) is 0 Å². The van der Waals surface area contributed by atoms with Crippen LogP contribution in [0.5, 0.6) is 0 Å². The second kappa shape index (κ2) is 16.4. The number of rotatable bonds is 6. The summed E-state index contributed by atoms with van der Waals surface area (Å²) in [5.74, 6) is 0. The quantitative estimate of drug-likeness (QED) is 0.153. The molecule has 76 heavy (non-hydrogen) atoms. The highest BCUT2D eigenvalue weighted by molar-refractivity contribution is 6.19. The number of nitrogens with zero attached hydrogens (tertiary/aromatic N) is 2. The Kier molecular flexibility index (Phi) is 10.4. The molecule has 0 bridgehead atoms. The summed E-state index contributed by atoms with van der Waals surface area (Å²) in [6.45, 7) is 30.5. The smallest absolute Gasteiger partial charge is 0.0468 e. The van der Waals surface area contributed by atoms with E-state index in [0.717, 1.165) is 22.7 Å². The molecule has 0 radical (unpaired) electrons. The zero-order valence-electron chi connectivity index (χ0n) is 46.8. The number of anilines is 6. The molecule has 0 aromatic heterocycles. The van der Waals surface area contributed by atoms with E-state index in [-0.39, 0.29) is 27.1 Å². The van der Waals surface area contributed by atoms with Crippen LogP contribution in [0.25, 0.3) is 54.9 Å². The van der Waals surface area contributed by atoms with Crippen LogP contribution >= 0.6 is 0 Å². The van der Waals surface area contributed by atoms with E-state index in [0.29, 0.717) is 0 Å². The lowest BCUT2D eigenvalue weighted by molar-refractivity contribution is 0.590. The average molecular weight is 987 g/mol. The Morgan fingerprint density at radius 3 is 1.14 bits per heavy atom. The number of benzene rings is 10. The first-order valence-corrected chi connectivity index (χ1v) is 27.6. The molecule has 0 fully saturated rings. The first kappa shape index (κ1) is 48.0. The van der Waals surface area contributed by atoms with Crippen molar-refractivity contribution in [1.82, 2.24) is 0 Å². The van der Waals surface area contributed by atoms with Crippen LogP contribution in [0, 0.1) is 6.92 Å². The van der Waals surface area contributed by atoms with E-state index < -0.39 is 0 Å². The van der Waals surface area contributed by atoms with Gasteiger partial charge in [0.1, 0.15) is 0 Å². The van der Waals surface area contributed by atoms with Crippen LogP contribution in [0.2, 0.25) is 0 Å². The van der Waals surface area contributed by atoms with Gasteiger partial charge < -0.3 is 9.80 Å². The maximum atomic E-state index is 2.51. The fourth-order valence-corrected chi connectivity index (χ4v) is 13.8. The first-order chi connectivity index (χ1) is 36.1. The second-order valence-corrected chi connectivity index (χ2v) is 25.9. The van der Waals surface area contributed by atoms with Gasteiger partial charge in [0.2, 0.25) is 0 Å². The summed E-state index contributed by atoms with van der Waals surface area (Å²) in [5.41, 5.74) is 26.7. The lowest BCUT2D eigenvalue weighted by Gasteiger charge is -2.38. The van der Waals surface area contributed by atoms with Crippen LogP contribution in [-0.2, 0) is 27.1 Å². The number of hydrogen-bond donors (Lipinski definition) is 0. The Balaban J connectivity index is 0.972. The number of aryl methyl sites for hydroxylation is 1. The topological polar surface area (TPSA) is 6.48 Å². The molecule has 0 heterocycles. The second-order valence-electron chi connectivity index (χ2n) is 25.9. The molecule has 0 N–H and O–H groups in total. The van der Waals surface area contributed by atoms with Gasteiger partial charge in [0.25, 0.3) is 0 Å². The van der Waals surface area contributed by atoms with Crippen LogP contribution in [0.1, 0.15) is 133 Å². The summed E-state index contributed by atoms with van der Waals surface area (Å²) >= 11 is 0. The molecule has 0 unspecified atom stereocenters. The molecule has 0 spiro atoms. The summed E-state index contributed by atoms with van der Waals surface area (Å²) in [7, 11) is 0. The van der Waals surface area contributed by atoms with Crippen molar-refractivity contribution in [2.45, 2.75) is 117 Å². The van der Waals surface area contributed by atoms with Gasteiger partial charge in [-0.1, -0.05) is 198 Å². The SMILES string of the molecule is Cc1c2c3c(cccc3c3cc(N(c4ccc(C(C)(C)C)cc4)c4ccc5c(c4)C(C)(C)c4ccccc4-5)ccc13)C(C)(C)c1cc(N(c3ccc(C(C)(C)C)cc3)c3ccc4c(c3)C(C)(C)c3ccccc3-4)ccc1-2. The lowest BCUT2D eigenvalue weighted by Crippen LogP contribution is -2.25. The lowest BCUT2D eigenvalue weighted by atomic mass is 9.67. The summed E-state index contributed by atoms with van der Waals surface area (Å²) in [6.07, 6.45) is 0. The van der Waals surface area contributed by atoms with Gasteiger partial charge in [-0.2, -0.15) is 0 Å². The van der Waals surface area contributed by atoms with E-state index in [4.69, 9.17) is 0 Å². The monoisotopic (exact) mass is 987 g/mol. The van der Waals surface area contributed by atoms with Crippen LogP contribution in [-0.4, -0.2) is 0 Å². The van der Waals surface area contributed by atoms with Crippen molar-refractivity contribution in [3.05, 3.63) is 238 Å². The fourth-order valence-electron chi connectivity index (χ4n) is 13.8. The zero-order chi connectivity index (χ0) is 53.0. The highest BCUT2D eigenvalue weighted by Gasteiger charge is 2.39. The van der Waals surface area contributed by atoms with Crippen molar-refractivity contribution < 1.29 is 0 Å². The number of hydrogen-bond acceptors (Lipinski definition) is 2. The Hall–Kier alpha value is -7.68. The van der Waals surface area contributed by atoms with Gasteiger partial charge >= 0.3 is 0 Å². The van der Waals surface area contributed by atoms with E-state index >= 15 is 0 Å². The van der Waals surface area contributed by atoms with Crippen molar-refractivity contribution >= 4 is 55.7 Å². The molecule has 2 nitrogen and oxygen atoms in total. The van der Waals surface area contributed by atoms with Gasteiger partial charge in [-0.3, -0.25) is 0 Å². The Morgan fingerprint density at radius 2 is 0.671 bits per heavy atom. The maximum absolute atomic E-state index is 2.51. The maximum Gasteiger partial charge on any atom is 0.0468 e. The standard InChI is InChI=1S/C74H70N2/c1-45-54-37-33-50(75(48-29-25-46(26-30-48)70(2,3)4)51-34-38-57-55-19-14-16-22-62(55)72(8,9)65(57)42-51)41-61(54)59-21-18-24-64-69(59)68(45)60-40-36-53(44-67(60)74(64,12)13)76(49-31-27-47(28-32-49)71(5,6)7)52-35-39-58-56-20-15-17-23-63(56)73(10,11)66(58)43-52/h14-44H,1-13H3. The fraction of sp³-hybridized carbons (Fsp3) is 0.243. The van der Waals surface area contributed by atoms with E-state index in [1.54, 1.807) is 0 Å². The molecule has 0 saturated carbocycles. The van der Waals surface area contributed by atoms with Crippen molar-refractivity contribution in [2.75, 3.05) is 9.80 Å². The van der Waals surface area contributed by atoms with E-state index in [1.165, 1.54) is 116 Å². The Labute approximate surface area is 451 Å². The molecule has 3 aliphatic rings. The Morgan fingerprint density at radius 1 is 0.303 bits per heavy atom. The predicted molar refractivity (Wildman–Crippen MR) is 326 cm³/mol. The molecule has 0 saturated heterocycles. The van der Waals surface area contributed by atoms with Crippen LogP contribution in [0.4, 0.5) is 34.1 Å². The van der Waals surface area contributed by atoms with Crippen molar-refractivity contribution in [2.24, 2.45) is 0 Å². The zero-order valence-corrected chi connectivity index (χ0v) is 46.8. The van der Waals surface area contributed by atoms with Gasteiger partial charge in [-0.05, 0) is 196 Å². The molecule has 2 heteroatoms. The summed E-state index contributed by atoms with van der Waals surface area (Å²) in [5, 5.41) is 5.23. The molecule has 0 aliphatic heterocycles. The largest absolute Gasteiger partial charge is 0.310 e. The highest BCUT2D eigenvalue weighted by atomic mass is 15.1. The molecule has 376 valence electrons. The third-order valence-corrected chi connectivity index (χ3v) is 18.2. The van der Waals surface area contributed by atoms with Crippen LogP contribution in [0.15, 0.2) is 188 Å². The molecule has 3 aliphatic carbocycles. The minimum Gasteiger partial charge on any atom is -0.310 e. The third kappa shape index (κ3) is 7.05. The number of fused-ring (bicyclic) bond motifs is 10. The van der Waals surface area contributed by atoms with Crippen molar-refractivity contribution in [3.63, 3.8) is 0 Å². The minimum absolute atomic E-state index is 0.0470. The van der Waals surface area contributed by atoms with E-state index in [9.17, 15) is 0 Å². The Bertz CT molecular complexity index is 4030. The van der Waals surface area contributed by atoms with E-state index in [2.05, 4.69) is 288 Å². The van der Waals surface area contributed by atoms with Crippen LogP contribution in [0.3, 0.4) is 0 Å². The molecule has 10 aromatic carbocycles. The first-order valence-electron chi connectivity index (χ1n) is 27.6. The van der Waals surface area contributed by atoms with Crippen LogP contribution < -0.4 is 9.80 Å².